The van der Waals surface area contributed by atoms with Crippen LogP contribution in [-0.2, 0) is 4.79 Å². The molecule has 2 aliphatic rings. The quantitative estimate of drug-likeness (QED) is 0.738. The van der Waals surface area contributed by atoms with E-state index in [1.54, 1.807) is 0 Å². The highest BCUT2D eigenvalue weighted by atomic mass is 16.2. The Hall–Kier alpha value is -0.610. The number of carbonyl (C=O) groups is 1. The van der Waals surface area contributed by atoms with E-state index in [-0.39, 0.29) is 6.04 Å². The lowest BCUT2D eigenvalue weighted by molar-refractivity contribution is -0.131. The van der Waals surface area contributed by atoms with Crippen molar-refractivity contribution in [1.82, 2.24) is 9.80 Å². The summed E-state index contributed by atoms with van der Waals surface area (Å²) < 4.78 is 0. The Kier molecular flexibility index (Phi) is 5.01. The Balaban J connectivity index is 1.83. The number of rotatable bonds is 7. The van der Waals surface area contributed by atoms with Gasteiger partial charge in [0.1, 0.15) is 0 Å². The molecular formula is C14H27N3O. The highest BCUT2D eigenvalue weighted by Gasteiger charge is 2.29. The standard InChI is InChI=1S/C14H27N3O/c1-2-16(11-12-5-6-12)13(10-15)9-14(18)17-7-3-4-8-17/h12-13H,2-11,15H2,1H3. The van der Waals surface area contributed by atoms with Crippen LogP contribution in [0.3, 0.4) is 0 Å². The molecule has 0 aromatic carbocycles. The van der Waals surface area contributed by atoms with Crippen LogP contribution in [0.1, 0.15) is 39.0 Å². The summed E-state index contributed by atoms with van der Waals surface area (Å²) >= 11 is 0. The molecule has 1 amide bonds. The Morgan fingerprint density at radius 1 is 1.39 bits per heavy atom. The minimum atomic E-state index is 0.240. The molecule has 1 saturated heterocycles. The van der Waals surface area contributed by atoms with Crippen LogP contribution in [0.2, 0.25) is 0 Å². The van der Waals surface area contributed by atoms with Crippen LogP contribution in [0.15, 0.2) is 0 Å². The van der Waals surface area contributed by atoms with Crippen LogP contribution in [0, 0.1) is 5.92 Å². The fourth-order valence-electron chi connectivity index (χ4n) is 2.83. The first kappa shape index (κ1) is 13.8. The summed E-state index contributed by atoms with van der Waals surface area (Å²) in [4.78, 5) is 16.6. The minimum absolute atomic E-state index is 0.240. The van der Waals surface area contributed by atoms with Crippen molar-refractivity contribution >= 4 is 5.91 Å². The van der Waals surface area contributed by atoms with Gasteiger partial charge in [-0.25, -0.2) is 0 Å². The third-order valence-corrected chi connectivity index (χ3v) is 4.25. The van der Waals surface area contributed by atoms with E-state index in [1.807, 2.05) is 4.90 Å². The number of likely N-dealkylation sites (N-methyl/N-ethyl adjacent to an activating group) is 1. The fraction of sp³-hybridized carbons (Fsp3) is 0.929. The summed E-state index contributed by atoms with van der Waals surface area (Å²) in [7, 11) is 0. The first-order valence-corrected chi connectivity index (χ1v) is 7.46. The Morgan fingerprint density at radius 2 is 2.06 bits per heavy atom. The molecule has 1 aliphatic carbocycles. The third-order valence-electron chi connectivity index (χ3n) is 4.25. The number of hydrogen-bond donors (Lipinski definition) is 1. The van der Waals surface area contributed by atoms with Crippen molar-refractivity contribution in [1.29, 1.82) is 0 Å². The summed E-state index contributed by atoms with van der Waals surface area (Å²) in [6.45, 7) is 6.80. The van der Waals surface area contributed by atoms with Gasteiger partial charge in [-0.2, -0.15) is 0 Å². The van der Waals surface area contributed by atoms with Crippen LogP contribution in [0.4, 0.5) is 0 Å². The topological polar surface area (TPSA) is 49.6 Å². The molecule has 18 heavy (non-hydrogen) atoms. The number of amides is 1. The molecule has 1 saturated carbocycles. The van der Waals surface area contributed by atoms with Crippen LogP contribution in [0.5, 0.6) is 0 Å². The lowest BCUT2D eigenvalue weighted by atomic mass is 10.1. The summed E-state index contributed by atoms with van der Waals surface area (Å²) in [6, 6.07) is 0.240. The predicted octanol–water partition coefficient (Wildman–Crippen LogP) is 1.06. The van der Waals surface area contributed by atoms with Gasteiger partial charge in [-0.05, 0) is 38.1 Å². The summed E-state index contributed by atoms with van der Waals surface area (Å²) in [5.74, 6) is 1.16. The number of likely N-dealkylation sites (tertiary alicyclic amines) is 1. The maximum absolute atomic E-state index is 12.2. The first-order valence-electron chi connectivity index (χ1n) is 7.46. The highest BCUT2D eigenvalue weighted by Crippen LogP contribution is 2.30. The highest BCUT2D eigenvalue weighted by molar-refractivity contribution is 5.77. The molecule has 104 valence electrons. The zero-order chi connectivity index (χ0) is 13.0. The van der Waals surface area contributed by atoms with E-state index in [2.05, 4.69) is 11.8 Å². The van der Waals surface area contributed by atoms with Crippen molar-refractivity contribution in [2.75, 3.05) is 32.7 Å². The van der Waals surface area contributed by atoms with Crippen LogP contribution >= 0.6 is 0 Å². The molecule has 4 nitrogen and oxygen atoms in total. The lowest BCUT2D eigenvalue weighted by Crippen LogP contribution is -2.45. The fourth-order valence-corrected chi connectivity index (χ4v) is 2.83. The third kappa shape index (κ3) is 3.69. The molecule has 2 rings (SSSR count). The monoisotopic (exact) mass is 253 g/mol. The van der Waals surface area contributed by atoms with Crippen molar-refractivity contribution in [2.24, 2.45) is 11.7 Å². The Morgan fingerprint density at radius 3 is 2.56 bits per heavy atom. The van der Waals surface area contributed by atoms with Crippen LogP contribution in [0.25, 0.3) is 0 Å². The van der Waals surface area contributed by atoms with Crippen LogP contribution < -0.4 is 5.73 Å². The lowest BCUT2D eigenvalue weighted by Gasteiger charge is -2.30. The van der Waals surface area contributed by atoms with Gasteiger partial charge in [-0.15, -0.1) is 0 Å². The molecule has 0 bridgehead atoms. The number of hydrogen-bond acceptors (Lipinski definition) is 3. The Labute approximate surface area is 110 Å². The molecule has 0 radical (unpaired) electrons. The SMILES string of the molecule is CCN(CC1CC1)C(CN)CC(=O)N1CCCC1. The van der Waals surface area contributed by atoms with Gasteiger partial charge >= 0.3 is 0 Å². The van der Waals surface area contributed by atoms with Crippen molar-refractivity contribution in [3.8, 4) is 0 Å². The van der Waals surface area contributed by atoms with E-state index >= 15 is 0 Å². The number of carbonyl (C=O) groups excluding carboxylic acids is 1. The molecule has 0 spiro atoms. The average Bonchev–Trinajstić information content (AvgIpc) is 3.03. The minimum Gasteiger partial charge on any atom is -0.343 e. The summed E-state index contributed by atoms with van der Waals surface area (Å²) in [5.41, 5.74) is 5.88. The first-order chi connectivity index (χ1) is 8.74. The van der Waals surface area contributed by atoms with Crippen molar-refractivity contribution in [3.05, 3.63) is 0 Å². The molecule has 2 N–H and O–H groups in total. The van der Waals surface area contributed by atoms with E-state index < -0.39 is 0 Å². The molecule has 1 aliphatic heterocycles. The zero-order valence-corrected chi connectivity index (χ0v) is 11.6. The molecule has 4 heteroatoms. The van der Waals surface area contributed by atoms with Crippen molar-refractivity contribution in [3.63, 3.8) is 0 Å². The molecule has 2 fully saturated rings. The van der Waals surface area contributed by atoms with Gasteiger partial charge in [0.05, 0.1) is 0 Å². The number of nitrogens with two attached hydrogens (primary N) is 1. The predicted molar refractivity (Wildman–Crippen MR) is 73.2 cm³/mol. The Bertz CT molecular complexity index is 272. The average molecular weight is 253 g/mol. The molecule has 1 unspecified atom stereocenters. The zero-order valence-electron chi connectivity index (χ0n) is 11.6. The maximum Gasteiger partial charge on any atom is 0.224 e. The van der Waals surface area contributed by atoms with Gasteiger partial charge in [0.15, 0.2) is 0 Å². The van der Waals surface area contributed by atoms with Crippen LogP contribution in [-0.4, -0.2) is 54.5 Å². The molecule has 0 aromatic heterocycles. The van der Waals surface area contributed by atoms with E-state index in [0.29, 0.717) is 18.9 Å². The van der Waals surface area contributed by atoms with Gasteiger partial charge in [-0.3, -0.25) is 9.69 Å². The molecule has 0 aromatic rings. The smallest absolute Gasteiger partial charge is 0.224 e. The van der Waals surface area contributed by atoms with Crippen molar-refractivity contribution in [2.45, 2.75) is 45.1 Å². The molecular weight excluding hydrogens is 226 g/mol. The van der Waals surface area contributed by atoms with E-state index in [4.69, 9.17) is 5.73 Å². The molecule has 1 heterocycles. The van der Waals surface area contributed by atoms with Crippen molar-refractivity contribution < 1.29 is 4.79 Å². The molecule has 1 atom stereocenters. The van der Waals surface area contributed by atoms with E-state index in [0.717, 1.165) is 32.1 Å². The summed E-state index contributed by atoms with van der Waals surface area (Å²) in [6.07, 6.45) is 5.65. The number of nitrogens with zero attached hydrogens (tertiary/aromatic N) is 2. The summed E-state index contributed by atoms with van der Waals surface area (Å²) in [5, 5.41) is 0. The van der Waals surface area contributed by atoms with Gasteiger partial charge in [-0.1, -0.05) is 6.92 Å². The van der Waals surface area contributed by atoms with Gasteiger partial charge in [0, 0.05) is 38.6 Å². The normalized spacial score (nSPS) is 21.6. The van der Waals surface area contributed by atoms with E-state index in [9.17, 15) is 4.79 Å². The van der Waals surface area contributed by atoms with Gasteiger partial charge in [0.2, 0.25) is 5.91 Å². The largest absolute Gasteiger partial charge is 0.343 e. The second kappa shape index (κ2) is 6.53. The van der Waals surface area contributed by atoms with Gasteiger partial charge < -0.3 is 10.6 Å². The second-order valence-electron chi connectivity index (χ2n) is 5.71. The maximum atomic E-state index is 12.2. The second-order valence-corrected chi connectivity index (χ2v) is 5.71. The van der Waals surface area contributed by atoms with Gasteiger partial charge in [0.25, 0.3) is 0 Å². The van der Waals surface area contributed by atoms with E-state index in [1.165, 1.54) is 25.7 Å².